The van der Waals surface area contributed by atoms with Gasteiger partial charge in [-0.2, -0.15) is 0 Å². The van der Waals surface area contributed by atoms with Crippen molar-refractivity contribution >= 4 is 16.9 Å². The van der Waals surface area contributed by atoms with E-state index in [1.54, 1.807) is 36.5 Å². The summed E-state index contributed by atoms with van der Waals surface area (Å²) >= 11 is 0. The van der Waals surface area contributed by atoms with E-state index in [-0.39, 0.29) is 0 Å². The molecule has 0 aliphatic rings. The van der Waals surface area contributed by atoms with Gasteiger partial charge in [-0.15, -0.1) is 0 Å². The van der Waals surface area contributed by atoms with E-state index in [0.717, 1.165) is 0 Å². The molecule has 2 rings (SSSR count). The highest BCUT2D eigenvalue weighted by molar-refractivity contribution is 5.87. The summed E-state index contributed by atoms with van der Waals surface area (Å²) in [6, 6.07) is 8.48. The minimum Gasteiger partial charge on any atom is -0.479 e. The van der Waals surface area contributed by atoms with E-state index in [2.05, 4.69) is 4.98 Å². The molecule has 0 radical (unpaired) electrons. The zero-order valence-corrected chi connectivity index (χ0v) is 7.79. The number of fused-ring (bicyclic) bond motifs is 1. The van der Waals surface area contributed by atoms with Crippen molar-refractivity contribution in [1.82, 2.24) is 4.98 Å². The number of hydrogen-bond acceptors (Lipinski definition) is 3. The lowest BCUT2D eigenvalue weighted by molar-refractivity contribution is -0.146. The molecule has 1 unspecified atom stereocenters. The van der Waals surface area contributed by atoms with Crippen LogP contribution in [-0.4, -0.2) is 21.2 Å². The van der Waals surface area contributed by atoms with Crippen LogP contribution in [0, 0.1) is 0 Å². The van der Waals surface area contributed by atoms with Gasteiger partial charge in [-0.3, -0.25) is 4.98 Å². The second kappa shape index (κ2) is 3.67. The third-order valence-electron chi connectivity index (χ3n) is 2.21. The summed E-state index contributed by atoms with van der Waals surface area (Å²) in [6.07, 6.45) is 0.122. The maximum atomic E-state index is 10.7. The molecule has 0 spiro atoms. The van der Waals surface area contributed by atoms with Crippen LogP contribution in [0.3, 0.4) is 0 Å². The third kappa shape index (κ3) is 1.67. The van der Waals surface area contributed by atoms with E-state index in [4.69, 9.17) is 5.11 Å². The standard InChI is InChI=1S/C11H9NO3/c13-10(11(14)15)8-3-1-5-9-7(8)4-2-6-12-9/h1-6,10,13H,(H,14,15). The number of carboxylic acid groups (broad SMARTS) is 1. The maximum absolute atomic E-state index is 10.7. The zero-order valence-electron chi connectivity index (χ0n) is 7.79. The summed E-state index contributed by atoms with van der Waals surface area (Å²) in [6.45, 7) is 0. The number of carboxylic acids is 1. The molecular formula is C11H9NO3. The minimum absolute atomic E-state index is 0.369. The lowest BCUT2D eigenvalue weighted by atomic mass is 10.0. The molecule has 1 aromatic carbocycles. The van der Waals surface area contributed by atoms with Crippen molar-refractivity contribution in [2.24, 2.45) is 0 Å². The minimum atomic E-state index is -1.50. The van der Waals surface area contributed by atoms with Crippen LogP contribution in [0.1, 0.15) is 11.7 Å². The van der Waals surface area contributed by atoms with Gasteiger partial charge >= 0.3 is 5.97 Å². The van der Waals surface area contributed by atoms with Crippen molar-refractivity contribution in [3.8, 4) is 0 Å². The van der Waals surface area contributed by atoms with Gasteiger partial charge in [0.15, 0.2) is 6.10 Å². The second-order valence-electron chi connectivity index (χ2n) is 3.16. The average Bonchev–Trinajstić information content (AvgIpc) is 2.27. The third-order valence-corrected chi connectivity index (χ3v) is 2.21. The summed E-state index contributed by atoms with van der Waals surface area (Å²) in [5, 5.41) is 18.9. The molecule has 0 saturated heterocycles. The van der Waals surface area contributed by atoms with Crippen LogP contribution in [-0.2, 0) is 4.79 Å². The van der Waals surface area contributed by atoms with E-state index in [1.807, 2.05) is 0 Å². The molecule has 4 heteroatoms. The van der Waals surface area contributed by atoms with Gasteiger partial charge in [-0.05, 0) is 12.1 Å². The number of aliphatic hydroxyl groups is 1. The van der Waals surface area contributed by atoms with Crippen LogP contribution in [0.5, 0.6) is 0 Å². The molecule has 0 fully saturated rings. The second-order valence-corrected chi connectivity index (χ2v) is 3.16. The van der Waals surface area contributed by atoms with Crippen LogP contribution in [0.25, 0.3) is 10.9 Å². The van der Waals surface area contributed by atoms with Gasteiger partial charge in [0.25, 0.3) is 0 Å². The topological polar surface area (TPSA) is 70.4 Å². The van der Waals surface area contributed by atoms with E-state index in [1.165, 1.54) is 0 Å². The normalized spacial score (nSPS) is 12.6. The van der Waals surface area contributed by atoms with Crippen LogP contribution < -0.4 is 0 Å². The molecule has 1 atom stereocenters. The highest BCUT2D eigenvalue weighted by Gasteiger charge is 2.18. The lowest BCUT2D eigenvalue weighted by Gasteiger charge is -2.08. The highest BCUT2D eigenvalue weighted by atomic mass is 16.4. The maximum Gasteiger partial charge on any atom is 0.337 e. The molecule has 0 amide bonds. The van der Waals surface area contributed by atoms with E-state index < -0.39 is 12.1 Å². The SMILES string of the molecule is O=C(O)C(O)c1cccc2ncccc12. The van der Waals surface area contributed by atoms with Crippen LogP contribution in [0.2, 0.25) is 0 Å². The number of rotatable bonds is 2. The Balaban J connectivity index is 2.65. The zero-order chi connectivity index (χ0) is 10.8. The van der Waals surface area contributed by atoms with Crippen molar-refractivity contribution in [2.45, 2.75) is 6.10 Å². The first-order valence-corrected chi connectivity index (χ1v) is 4.44. The summed E-state index contributed by atoms with van der Waals surface area (Å²) in [4.78, 5) is 14.8. The summed E-state index contributed by atoms with van der Waals surface area (Å²) in [5.41, 5.74) is 1.04. The van der Waals surface area contributed by atoms with Crippen molar-refractivity contribution in [3.63, 3.8) is 0 Å². The number of carbonyl (C=O) groups is 1. The number of nitrogens with zero attached hydrogens (tertiary/aromatic N) is 1. The summed E-state index contributed by atoms with van der Waals surface area (Å²) in [5.74, 6) is -1.26. The largest absolute Gasteiger partial charge is 0.479 e. The molecule has 0 aliphatic carbocycles. The number of aliphatic hydroxyl groups excluding tert-OH is 1. The van der Waals surface area contributed by atoms with Crippen molar-refractivity contribution in [3.05, 3.63) is 42.1 Å². The molecular weight excluding hydrogens is 194 g/mol. The number of pyridine rings is 1. The van der Waals surface area contributed by atoms with Gasteiger partial charge in [-0.25, -0.2) is 4.79 Å². The Morgan fingerprint density at radius 1 is 1.27 bits per heavy atom. The van der Waals surface area contributed by atoms with Crippen LogP contribution >= 0.6 is 0 Å². The van der Waals surface area contributed by atoms with Gasteiger partial charge in [-0.1, -0.05) is 18.2 Å². The van der Waals surface area contributed by atoms with Gasteiger partial charge < -0.3 is 10.2 Å². The van der Waals surface area contributed by atoms with Crippen molar-refractivity contribution in [2.75, 3.05) is 0 Å². The van der Waals surface area contributed by atoms with Crippen molar-refractivity contribution < 1.29 is 15.0 Å². The average molecular weight is 203 g/mol. The van der Waals surface area contributed by atoms with Gasteiger partial charge in [0, 0.05) is 17.1 Å². The Hall–Kier alpha value is -1.94. The predicted molar refractivity (Wildman–Crippen MR) is 54.3 cm³/mol. The van der Waals surface area contributed by atoms with Gasteiger partial charge in [0.1, 0.15) is 0 Å². The van der Waals surface area contributed by atoms with Crippen molar-refractivity contribution in [1.29, 1.82) is 0 Å². The molecule has 2 aromatic rings. The first-order valence-electron chi connectivity index (χ1n) is 4.44. The number of hydrogen-bond donors (Lipinski definition) is 2. The van der Waals surface area contributed by atoms with Gasteiger partial charge in [0.05, 0.1) is 5.52 Å². The van der Waals surface area contributed by atoms with Crippen LogP contribution in [0.4, 0.5) is 0 Å². The molecule has 4 nitrogen and oxygen atoms in total. The van der Waals surface area contributed by atoms with Crippen LogP contribution in [0.15, 0.2) is 36.5 Å². The monoisotopic (exact) mass is 203 g/mol. The molecule has 2 N–H and O–H groups in total. The fraction of sp³-hybridized carbons (Fsp3) is 0.0909. The Kier molecular flexibility index (Phi) is 2.35. The number of aliphatic carboxylic acids is 1. The summed E-state index contributed by atoms with van der Waals surface area (Å²) in [7, 11) is 0. The quantitative estimate of drug-likeness (QED) is 0.772. The molecule has 15 heavy (non-hydrogen) atoms. The molecule has 1 heterocycles. The molecule has 0 aliphatic heterocycles. The lowest BCUT2D eigenvalue weighted by Crippen LogP contribution is -2.10. The Morgan fingerprint density at radius 3 is 2.80 bits per heavy atom. The molecule has 1 aromatic heterocycles. The van der Waals surface area contributed by atoms with E-state index in [9.17, 15) is 9.90 Å². The predicted octanol–water partition coefficient (Wildman–Crippen LogP) is 1.35. The smallest absolute Gasteiger partial charge is 0.337 e. The highest BCUT2D eigenvalue weighted by Crippen LogP contribution is 2.22. The Bertz CT molecular complexity index is 505. The Labute approximate surface area is 85.8 Å². The number of aromatic nitrogens is 1. The Morgan fingerprint density at radius 2 is 2.07 bits per heavy atom. The first kappa shape index (κ1) is 9.61. The number of benzene rings is 1. The van der Waals surface area contributed by atoms with E-state index in [0.29, 0.717) is 16.5 Å². The molecule has 0 bridgehead atoms. The summed E-state index contributed by atoms with van der Waals surface area (Å²) < 4.78 is 0. The molecule has 76 valence electrons. The fourth-order valence-electron chi connectivity index (χ4n) is 1.50. The first-order chi connectivity index (χ1) is 7.20. The fourth-order valence-corrected chi connectivity index (χ4v) is 1.50. The molecule has 0 saturated carbocycles. The van der Waals surface area contributed by atoms with E-state index >= 15 is 0 Å². The van der Waals surface area contributed by atoms with Gasteiger partial charge in [0.2, 0.25) is 0 Å².